The number of rotatable bonds is 10. The molecule has 0 aliphatic carbocycles. The topological polar surface area (TPSA) is 58.6 Å². The third kappa shape index (κ3) is 5.46. The Morgan fingerprint density at radius 1 is 1.20 bits per heavy atom. The summed E-state index contributed by atoms with van der Waals surface area (Å²) < 4.78 is 5.94. The number of aliphatic hydroxyl groups excluding tert-OH is 1. The van der Waals surface area contributed by atoms with Crippen molar-refractivity contribution in [2.45, 2.75) is 58.3 Å². The van der Waals surface area contributed by atoms with E-state index in [1.807, 2.05) is 38.1 Å². The van der Waals surface area contributed by atoms with Gasteiger partial charge in [0.05, 0.1) is 13.2 Å². The molecule has 4 heteroatoms. The van der Waals surface area contributed by atoms with Crippen molar-refractivity contribution in [3.05, 3.63) is 29.8 Å². The Labute approximate surface area is 152 Å². The zero-order chi connectivity index (χ0) is 18.3. The van der Waals surface area contributed by atoms with Crippen LogP contribution < -0.4 is 10.1 Å². The Kier molecular flexibility index (Phi) is 7.30. The lowest BCUT2D eigenvalue weighted by molar-refractivity contribution is -0.123. The van der Waals surface area contributed by atoms with Gasteiger partial charge in [-0.05, 0) is 24.1 Å². The van der Waals surface area contributed by atoms with Crippen molar-refractivity contribution >= 4 is 5.91 Å². The molecule has 2 rings (SSSR count). The average Bonchev–Trinajstić information content (AvgIpc) is 2.97. The first-order valence-electron chi connectivity index (χ1n) is 9.60. The molecule has 1 fully saturated rings. The van der Waals surface area contributed by atoms with Crippen LogP contribution in [0.25, 0.3) is 0 Å². The molecule has 2 atom stereocenters. The summed E-state index contributed by atoms with van der Waals surface area (Å²) in [5.41, 5.74) is 0.845. The van der Waals surface area contributed by atoms with Gasteiger partial charge < -0.3 is 15.2 Å². The summed E-state index contributed by atoms with van der Waals surface area (Å²) >= 11 is 0. The Morgan fingerprint density at radius 3 is 2.56 bits per heavy atom. The molecule has 0 aromatic heterocycles. The normalized spacial score (nSPS) is 20.6. The summed E-state index contributed by atoms with van der Waals surface area (Å²) in [5, 5.41) is 12.4. The number of benzene rings is 1. The quantitative estimate of drug-likeness (QED) is 0.635. The Hall–Kier alpha value is -1.55. The van der Waals surface area contributed by atoms with Crippen LogP contribution in [-0.4, -0.2) is 30.8 Å². The smallest absolute Gasteiger partial charge is 0.223 e. The second kappa shape index (κ2) is 9.23. The van der Waals surface area contributed by atoms with E-state index in [9.17, 15) is 9.90 Å². The summed E-state index contributed by atoms with van der Waals surface area (Å²) in [6.07, 6.45) is 5.74. The van der Waals surface area contributed by atoms with E-state index in [1.54, 1.807) is 0 Å². The summed E-state index contributed by atoms with van der Waals surface area (Å²) in [6.45, 7) is 7.63. The second-order valence-corrected chi connectivity index (χ2v) is 7.84. The Bertz CT molecular complexity index is 539. The first kappa shape index (κ1) is 19.8. The van der Waals surface area contributed by atoms with Gasteiger partial charge in [0.25, 0.3) is 0 Å². The fraction of sp³-hybridized carbons (Fsp3) is 0.667. The maximum atomic E-state index is 12.1. The van der Waals surface area contributed by atoms with Crippen LogP contribution in [0.15, 0.2) is 24.3 Å². The summed E-state index contributed by atoms with van der Waals surface area (Å²) in [5.74, 6) is 1.35. The van der Waals surface area contributed by atoms with E-state index >= 15 is 0 Å². The standard InChI is InChI=1S/C21H33NO3/c1-4-5-6-7-8-19-16(13-22-20(19)24)14-25-18-11-9-17(10-12-18)21(2,3)15-23/h9-12,16,19,23H,4-8,13-15H2,1-3H3,(H,22,24)/t16-,19-/m1/s1. The van der Waals surface area contributed by atoms with Crippen LogP contribution in [0.5, 0.6) is 5.75 Å². The van der Waals surface area contributed by atoms with Gasteiger partial charge in [-0.15, -0.1) is 0 Å². The highest BCUT2D eigenvalue weighted by Crippen LogP contribution is 2.27. The number of hydrogen-bond donors (Lipinski definition) is 2. The van der Waals surface area contributed by atoms with E-state index in [0.29, 0.717) is 13.2 Å². The van der Waals surface area contributed by atoms with E-state index in [0.717, 1.165) is 24.2 Å². The van der Waals surface area contributed by atoms with Crippen LogP contribution in [0, 0.1) is 11.8 Å². The number of carbonyl (C=O) groups is 1. The lowest BCUT2D eigenvalue weighted by Gasteiger charge is -2.22. The molecule has 1 aliphatic rings. The van der Waals surface area contributed by atoms with Crippen molar-refractivity contribution < 1.29 is 14.6 Å². The predicted molar refractivity (Wildman–Crippen MR) is 101 cm³/mol. The van der Waals surface area contributed by atoms with E-state index in [-0.39, 0.29) is 29.8 Å². The van der Waals surface area contributed by atoms with Crippen molar-refractivity contribution in [1.29, 1.82) is 0 Å². The van der Waals surface area contributed by atoms with E-state index < -0.39 is 0 Å². The molecule has 0 radical (unpaired) electrons. The molecule has 1 aromatic carbocycles. The minimum absolute atomic E-state index is 0.0875. The molecule has 2 N–H and O–H groups in total. The maximum absolute atomic E-state index is 12.1. The van der Waals surface area contributed by atoms with Crippen molar-refractivity contribution in [3.8, 4) is 5.75 Å². The number of unbranched alkanes of at least 4 members (excludes halogenated alkanes) is 3. The number of amides is 1. The van der Waals surface area contributed by atoms with E-state index in [2.05, 4.69) is 12.2 Å². The summed E-state index contributed by atoms with van der Waals surface area (Å²) in [4.78, 5) is 12.1. The van der Waals surface area contributed by atoms with Gasteiger partial charge in [-0.1, -0.05) is 58.6 Å². The molecule has 1 aliphatic heterocycles. The zero-order valence-corrected chi connectivity index (χ0v) is 15.9. The first-order chi connectivity index (χ1) is 12.0. The van der Waals surface area contributed by atoms with Crippen LogP contribution >= 0.6 is 0 Å². The highest BCUT2D eigenvalue weighted by molar-refractivity contribution is 5.81. The molecular formula is C21H33NO3. The van der Waals surface area contributed by atoms with Gasteiger partial charge in [-0.25, -0.2) is 0 Å². The molecule has 1 heterocycles. The van der Waals surface area contributed by atoms with Gasteiger partial charge in [0, 0.05) is 23.8 Å². The van der Waals surface area contributed by atoms with Gasteiger partial charge in [0.1, 0.15) is 5.75 Å². The van der Waals surface area contributed by atoms with E-state index in [4.69, 9.17) is 4.74 Å². The first-order valence-corrected chi connectivity index (χ1v) is 9.60. The van der Waals surface area contributed by atoms with Crippen LogP contribution in [-0.2, 0) is 10.2 Å². The second-order valence-electron chi connectivity index (χ2n) is 7.84. The van der Waals surface area contributed by atoms with Crippen molar-refractivity contribution in [3.63, 3.8) is 0 Å². The number of carbonyl (C=O) groups excluding carboxylic acids is 1. The minimum atomic E-state index is -0.246. The minimum Gasteiger partial charge on any atom is -0.493 e. The maximum Gasteiger partial charge on any atom is 0.223 e. The van der Waals surface area contributed by atoms with Crippen molar-refractivity contribution in [2.24, 2.45) is 11.8 Å². The fourth-order valence-electron chi connectivity index (χ4n) is 3.35. The van der Waals surface area contributed by atoms with Gasteiger partial charge in [-0.3, -0.25) is 4.79 Å². The molecule has 4 nitrogen and oxygen atoms in total. The molecule has 1 amide bonds. The lowest BCUT2D eigenvalue weighted by Crippen LogP contribution is -2.23. The number of ether oxygens (including phenoxy) is 1. The van der Waals surface area contributed by atoms with Gasteiger partial charge in [0.15, 0.2) is 0 Å². The molecule has 0 saturated carbocycles. The summed E-state index contributed by atoms with van der Waals surface area (Å²) in [7, 11) is 0. The fourth-order valence-corrected chi connectivity index (χ4v) is 3.35. The Balaban J connectivity index is 1.86. The zero-order valence-electron chi connectivity index (χ0n) is 15.9. The van der Waals surface area contributed by atoms with Gasteiger partial charge in [-0.2, -0.15) is 0 Å². The molecule has 1 saturated heterocycles. The average molecular weight is 347 g/mol. The van der Waals surface area contributed by atoms with Gasteiger partial charge >= 0.3 is 0 Å². The third-order valence-corrected chi connectivity index (χ3v) is 5.31. The van der Waals surface area contributed by atoms with Crippen LogP contribution in [0.3, 0.4) is 0 Å². The highest BCUT2D eigenvalue weighted by Gasteiger charge is 2.34. The monoisotopic (exact) mass is 347 g/mol. The summed E-state index contributed by atoms with van der Waals surface area (Å²) in [6, 6.07) is 7.91. The molecule has 140 valence electrons. The highest BCUT2D eigenvalue weighted by atomic mass is 16.5. The number of nitrogens with one attached hydrogen (secondary N) is 1. The largest absolute Gasteiger partial charge is 0.493 e. The van der Waals surface area contributed by atoms with Crippen molar-refractivity contribution in [1.82, 2.24) is 5.32 Å². The number of hydrogen-bond acceptors (Lipinski definition) is 3. The molecular weight excluding hydrogens is 314 g/mol. The molecule has 25 heavy (non-hydrogen) atoms. The van der Waals surface area contributed by atoms with Crippen LogP contribution in [0.2, 0.25) is 0 Å². The molecule has 0 bridgehead atoms. The van der Waals surface area contributed by atoms with Crippen LogP contribution in [0.4, 0.5) is 0 Å². The lowest BCUT2D eigenvalue weighted by atomic mass is 9.86. The molecule has 0 unspecified atom stereocenters. The predicted octanol–water partition coefficient (Wildman–Crippen LogP) is 3.67. The van der Waals surface area contributed by atoms with Crippen molar-refractivity contribution in [2.75, 3.05) is 19.8 Å². The molecule has 0 spiro atoms. The number of aliphatic hydroxyl groups is 1. The Morgan fingerprint density at radius 2 is 1.92 bits per heavy atom. The van der Waals surface area contributed by atoms with Crippen LogP contribution in [0.1, 0.15) is 58.4 Å². The SMILES string of the molecule is CCCCCC[C@H]1C(=O)NC[C@@H]1COc1ccc(C(C)(C)CO)cc1. The van der Waals surface area contributed by atoms with E-state index in [1.165, 1.54) is 19.3 Å². The molecule has 1 aromatic rings. The third-order valence-electron chi connectivity index (χ3n) is 5.31. The van der Waals surface area contributed by atoms with Gasteiger partial charge in [0.2, 0.25) is 5.91 Å².